The summed E-state index contributed by atoms with van der Waals surface area (Å²) in [7, 11) is 0. The molecule has 5 nitrogen and oxygen atoms in total. The van der Waals surface area contributed by atoms with Gasteiger partial charge in [0.05, 0.1) is 10.0 Å². The van der Waals surface area contributed by atoms with E-state index in [0.29, 0.717) is 28.8 Å². The van der Waals surface area contributed by atoms with Crippen molar-refractivity contribution in [2.24, 2.45) is 0 Å². The van der Waals surface area contributed by atoms with E-state index in [0.717, 1.165) is 21.9 Å². The van der Waals surface area contributed by atoms with Gasteiger partial charge in [-0.2, -0.15) is 0 Å². The average Bonchev–Trinajstić information content (AvgIpc) is 2.92. The van der Waals surface area contributed by atoms with E-state index in [1.54, 1.807) is 23.1 Å². The number of amides is 2. The van der Waals surface area contributed by atoms with Gasteiger partial charge in [0, 0.05) is 24.9 Å². The zero-order valence-corrected chi connectivity index (χ0v) is 22.0. The fourth-order valence-corrected chi connectivity index (χ4v) is 4.55. The van der Waals surface area contributed by atoms with E-state index >= 15 is 0 Å². The third kappa shape index (κ3) is 6.82. The maximum absolute atomic E-state index is 13.7. The van der Waals surface area contributed by atoms with Gasteiger partial charge in [-0.1, -0.05) is 96.0 Å². The minimum Gasteiger partial charge on any atom is -0.483 e. The summed E-state index contributed by atoms with van der Waals surface area (Å²) in [6.45, 7) is 2.25. The number of carbonyl (C=O) groups is 2. The third-order valence-electron chi connectivity index (χ3n) is 6.06. The quantitative estimate of drug-likeness (QED) is 0.259. The monoisotopic (exact) mass is 534 g/mol. The Bertz CT molecular complexity index is 1370. The molecule has 0 unspecified atom stereocenters. The molecule has 1 N–H and O–H groups in total. The first-order valence-corrected chi connectivity index (χ1v) is 12.9. The molecule has 0 fully saturated rings. The Balaban J connectivity index is 1.64. The third-order valence-corrected chi connectivity index (χ3v) is 6.80. The van der Waals surface area contributed by atoms with Crippen molar-refractivity contribution < 1.29 is 14.3 Å². The van der Waals surface area contributed by atoms with E-state index in [4.69, 9.17) is 27.9 Å². The molecule has 0 aromatic heterocycles. The molecular weight excluding hydrogens is 507 g/mol. The zero-order valence-electron chi connectivity index (χ0n) is 20.5. The Morgan fingerprint density at radius 3 is 2.35 bits per heavy atom. The molecule has 0 saturated carbocycles. The van der Waals surface area contributed by atoms with E-state index in [1.807, 2.05) is 79.7 Å². The fraction of sp³-hybridized carbons (Fsp3) is 0.200. The van der Waals surface area contributed by atoms with Crippen LogP contribution in [0.2, 0.25) is 10.0 Å². The number of ether oxygens (including phenoxy) is 1. The summed E-state index contributed by atoms with van der Waals surface area (Å²) >= 11 is 12.4. The molecule has 4 aromatic rings. The number of hydrogen-bond acceptors (Lipinski definition) is 3. The predicted octanol–water partition coefficient (Wildman–Crippen LogP) is 6.30. The van der Waals surface area contributed by atoms with Crippen molar-refractivity contribution in [3.8, 4) is 5.75 Å². The molecule has 4 rings (SSSR count). The second-order valence-corrected chi connectivity index (χ2v) is 9.45. The van der Waals surface area contributed by atoms with Gasteiger partial charge in [0.1, 0.15) is 11.8 Å². The number of hydrogen-bond donors (Lipinski definition) is 1. The summed E-state index contributed by atoms with van der Waals surface area (Å²) in [6.07, 6.45) is 0.355. The number of rotatable bonds is 10. The van der Waals surface area contributed by atoms with Crippen molar-refractivity contribution in [1.82, 2.24) is 10.2 Å². The van der Waals surface area contributed by atoms with Crippen LogP contribution in [0.5, 0.6) is 5.75 Å². The van der Waals surface area contributed by atoms with Crippen molar-refractivity contribution in [1.29, 1.82) is 0 Å². The van der Waals surface area contributed by atoms with Crippen LogP contribution >= 0.6 is 23.2 Å². The maximum Gasteiger partial charge on any atom is 0.261 e. The lowest BCUT2D eigenvalue weighted by Gasteiger charge is -2.31. The number of nitrogens with zero attached hydrogens (tertiary/aromatic N) is 1. The lowest BCUT2D eigenvalue weighted by atomic mass is 10.0. The highest BCUT2D eigenvalue weighted by molar-refractivity contribution is 6.42. The van der Waals surface area contributed by atoms with Crippen molar-refractivity contribution in [2.45, 2.75) is 25.9 Å². The molecule has 190 valence electrons. The lowest BCUT2D eigenvalue weighted by molar-refractivity contribution is -0.142. The Morgan fingerprint density at radius 1 is 0.865 bits per heavy atom. The van der Waals surface area contributed by atoms with Gasteiger partial charge < -0.3 is 15.0 Å². The summed E-state index contributed by atoms with van der Waals surface area (Å²) < 4.78 is 6.01. The minimum atomic E-state index is -0.750. The van der Waals surface area contributed by atoms with Gasteiger partial charge >= 0.3 is 0 Å². The Kier molecular flexibility index (Phi) is 9.04. The summed E-state index contributed by atoms with van der Waals surface area (Å²) in [5.41, 5.74) is 1.70. The number of likely N-dealkylation sites (N-methyl/N-ethyl adjacent to an activating group) is 1. The molecule has 0 spiro atoms. The SMILES string of the molecule is CCNC(=O)[C@H](Cc1ccccc1)N(Cc1ccc(Cl)c(Cl)c1)C(=O)COc1cccc2ccccc12. The number of benzene rings is 4. The van der Waals surface area contributed by atoms with Crippen molar-refractivity contribution in [3.05, 3.63) is 112 Å². The molecule has 0 radical (unpaired) electrons. The molecule has 37 heavy (non-hydrogen) atoms. The van der Waals surface area contributed by atoms with Crippen molar-refractivity contribution >= 4 is 45.8 Å². The van der Waals surface area contributed by atoms with Gasteiger partial charge in [0.15, 0.2) is 6.61 Å². The van der Waals surface area contributed by atoms with Crippen molar-refractivity contribution in [3.63, 3.8) is 0 Å². The number of nitrogens with one attached hydrogen (secondary N) is 1. The molecule has 0 aliphatic heterocycles. The van der Waals surface area contributed by atoms with E-state index in [9.17, 15) is 9.59 Å². The van der Waals surface area contributed by atoms with Crippen LogP contribution < -0.4 is 10.1 Å². The molecular formula is C30H28Cl2N2O3. The van der Waals surface area contributed by atoms with Crippen LogP contribution in [-0.2, 0) is 22.6 Å². The van der Waals surface area contributed by atoms with Crippen LogP contribution in [0.4, 0.5) is 0 Å². The Hall–Kier alpha value is -3.54. The van der Waals surface area contributed by atoms with Crippen LogP contribution in [0, 0.1) is 0 Å². The van der Waals surface area contributed by atoms with Crippen LogP contribution in [-0.4, -0.2) is 35.9 Å². The van der Waals surface area contributed by atoms with E-state index in [-0.39, 0.29) is 25.0 Å². The van der Waals surface area contributed by atoms with Gasteiger partial charge in [-0.3, -0.25) is 9.59 Å². The van der Waals surface area contributed by atoms with Crippen LogP contribution in [0.15, 0.2) is 91.0 Å². The molecule has 0 bridgehead atoms. The highest BCUT2D eigenvalue weighted by Crippen LogP contribution is 2.26. The van der Waals surface area contributed by atoms with E-state index < -0.39 is 6.04 Å². The average molecular weight is 535 g/mol. The second-order valence-electron chi connectivity index (χ2n) is 8.64. The molecule has 4 aromatic carbocycles. The molecule has 7 heteroatoms. The van der Waals surface area contributed by atoms with Gasteiger partial charge in [-0.15, -0.1) is 0 Å². The molecule has 1 atom stereocenters. The van der Waals surface area contributed by atoms with E-state index in [1.165, 1.54) is 0 Å². The molecule has 0 saturated heterocycles. The minimum absolute atomic E-state index is 0.170. The first kappa shape index (κ1) is 26.5. The largest absolute Gasteiger partial charge is 0.483 e. The first-order valence-electron chi connectivity index (χ1n) is 12.1. The number of carbonyl (C=O) groups excluding carboxylic acids is 2. The van der Waals surface area contributed by atoms with Crippen LogP contribution in [0.3, 0.4) is 0 Å². The zero-order chi connectivity index (χ0) is 26.2. The smallest absolute Gasteiger partial charge is 0.261 e. The topological polar surface area (TPSA) is 58.6 Å². The second kappa shape index (κ2) is 12.6. The fourth-order valence-electron chi connectivity index (χ4n) is 4.22. The molecule has 0 aliphatic carbocycles. The summed E-state index contributed by atoms with van der Waals surface area (Å²) in [4.78, 5) is 28.5. The summed E-state index contributed by atoms with van der Waals surface area (Å²) in [5.74, 6) is 0.0645. The summed E-state index contributed by atoms with van der Waals surface area (Å²) in [6, 6.07) is 27.6. The predicted molar refractivity (Wildman–Crippen MR) is 149 cm³/mol. The standard InChI is InChI=1S/C30H28Cl2N2O3/c1-2-33-30(36)27(18-21-9-4-3-5-10-21)34(19-22-15-16-25(31)26(32)17-22)29(35)20-37-28-14-8-12-23-11-6-7-13-24(23)28/h3-17,27H,2,18-20H2,1H3,(H,33,36)/t27-/m0/s1. The molecule has 0 heterocycles. The van der Waals surface area contributed by atoms with E-state index in [2.05, 4.69) is 5.32 Å². The molecule has 0 aliphatic rings. The van der Waals surface area contributed by atoms with Crippen LogP contribution in [0.25, 0.3) is 10.8 Å². The highest BCUT2D eigenvalue weighted by atomic mass is 35.5. The Labute approximate surface area is 226 Å². The first-order chi connectivity index (χ1) is 18.0. The Morgan fingerprint density at radius 2 is 1.59 bits per heavy atom. The van der Waals surface area contributed by atoms with Crippen molar-refractivity contribution in [2.75, 3.05) is 13.2 Å². The summed E-state index contributed by atoms with van der Waals surface area (Å²) in [5, 5.41) is 5.63. The van der Waals surface area contributed by atoms with Gasteiger partial charge in [0.25, 0.3) is 5.91 Å². The van der Waals surface area contributed by atoms with Gasteiger partial charge in [0.2, 0.25) is 5.91 Å². The normalized spacial score (nSPS) is 11.6. The number of fused-ring (bicyclic) bond motifs is 1. The van der Waals surface area contributed by atoms with Crippen LogP contribution in [0.1, 0.15) is 18.1 Å². The number of halogens is 2. The lowest BCUT2D eigenvalue weighted by Crippen LogP contribution is -2.51. The highest BCUT2D eigenvalue weighted by Gasteiger charge is 2.30. The van der Waals surface area contributed by atoms with Gasteiger partial charge in [-0.05, 0) is 41.6 Å². The van der Waals surface area contributed by atoms with Gasteiger partial charge in [-0.25, -0.2) is 0 Å². The molecule has 2 amide bonds. The maximum atomic E-state index is 13.7.